The molecule has 1 N–H and O–H groups in total. The van der Waals surface area contributed by atoms with Crippen LogP contribution in [-0.2, 0) is 4.79 Å². The van der Waals surface area contributed by atoms with Gasteiger partial charge in [0.25, 0.3) is 5.56 Å². The molecule has 0 radical (unpaired) electrons. The molecule has 1 aliphatic rings. The molecule has 1 aliphatic heterocycles. The van der Waals surface area contributed by atoms with E-state index in [4.69, 9.17) is 12.2 Å². The molecule has 0 spiro atoms. The summed E-state index contributed by atoms with van der Waals surface area (Å²) in [6.45, 7) is 2.77. The number of para-hydroxylation sites is 1. The monoisotopic (exact) mass is 289 g/mol. The lowest BCUT2D eigenvalue weighted by Crippen LogP contribution is -2.30. The number of nitrogens with zero attached hydrogens (tertiary/aromatic N) is 2. The molecule has 20 heavy (non-hydrogen) atoms. The zero-order chi connectivity index (χ0) is 14.3. The zero-order valence-electron chi connectivity index (χ0n) is 11.1. The van der Waals surface area contributed by atoms with Crippen molar-refractivity contribution in [1.82, 2.24) is 14.5 Å². The van der Waals surface area contributed by atoms with Crippen molar-refractivity contribution in [1.29, 1.82) is 0 Å². The van der Waals surface area contributed by atoms with Gasteiger partial charge in [0.1, 0.15) is 0 Å². The van der Waals surface area contributed by atoms with Crippen LogP contribution in [0.25, 0.3) is 10.9 Å². The smallest absolute Gasteiger partial charge is 0.262 e. The molecule has 2 heterocycles. The number of hydrogen-bond donors (Lipinski definition) is 1. The lowest BCUT2D eigenvalue weighted by Gasteiger charge is -2.16. The molecule has 1 aromatic carbocycles. The van der Waals surface area contributed by atoms with Crippen molar-refractivity contribution in [3.05, 3.63) is 39.4 Å². The summed E-state index contributed by atoms with van der Waals surface area (Å²) in [7, 11) is 0. The summed E-state index contributed by atoms with van der Waals surface area (Å²) in [4.78, 5) is 28.8. The number of fused-ring (bicyclic) bond motifs is 1. The topological polar surface area (TPSA) is 58.1 Å². The van der Waals surface area contributed by atoms with E-state index in [1.165, 1.54) is 0 Å². The van der Waals surface area contributed by atoms with Crippen molar-refractivity contribution in [2.75, 3.05) is 13.1 Å². The van der Waals surface area contributed by atoms with E-state index in [1.807, 2.05) is 18.2 Å². The minimum Gasteiger partial charge on any atom is -0.341 e. The molecule has 2 aromatic rings. The highest BCUT2D eigenvalue weighted by atomic mass is 32.1. The number of likely N-dealkylation sites (tertiary alicyclic amines) is 1. The average Bonchev–Trinajstić information content (AvgIpc) is 2.88. The van der Waals surface area contributed by atoms with E-state index in [0.717, 1.165) is 11.9 Å². The first-order chi connectivity index (χ1) is 9.58. The van der Waals surface area contributed by atoms with E-state index in [1.54, 1.807) is 22.5 Å². The average molecular weight is 289 g/mol. The van der Waals surface area contributed by atoms with Crippen LogP contribution in [0.5, 0.6) is 0 Å². The first kappa shape index (κ1) is 13.1. The third-order valence-electron chi connectivity index (χ3n) is 3.81. The Balaban J connectivity index is 2.11. The normalized spacial score (nSPS) is 18.6. The molecule has 1 fully saturated rings. The highest BCUT2D eigenvalue weighted by Gasteiger charge is 2.27. The van der Waals surface area contributed by atoms with Crippen molar-refractivity contribution in [3.63, 3.8) is 0 Å². The van der Waals surface area contributed by atoms with E-state index in [9.17, 15) is 9.59 Å². The number of hydrogen-bond acceptors (Lipinski definition) is 3. The first-order valence-electron chi connectivity index (χ1n) is 6.57. The maximum atomic E-state index is 12.6. The van der Waals surface area contributed by atoms with Gasteiger partial charge in [-0.15, -0.1) is 0 Å². The Morgan fingerprint density at radius 1 is 1.40 bits per heavy atom. The van der Waals surface area contributed by atoms with Crippen LogP contribution in [-0.4, -0.2) is 33.4 Å². The number of amides is 1. The molecule has 1 aromatic heterocycles. The van der Waals surface area contributed by atoms with Gasteiger partial charge < -0.3 is 9.88 Å². The third kappa shape index (κ3) is 2.06. The Morgan fingerprint density at radius 2 is 2.15 bits per heavy atom. The van der Waals surface area contributed by atoms with Crippen LogP contribution in [0.1, 0.15) is 19.4 Å². The van der Waals surface area contributed by atoms with Crippen LogP contribution in [0.2, 0.25) is 0 Å². The molecule has 1 saturated heterocycles. The van der Waals surface area contributed by atoms with Crippen molar-refractivity contribution in [2.24, 2.45) is 0 Å². The SMILES string of the molecule is CC(=O)N1CCC(n2c(=S)[nH]c3ccccc3c2=O)C1. The second-order valence-electron chi connectivity index (χ2n) is 5.06. The molecule has 6 heteroatoms. The summed E-state index contributed by atoms with van der Waals surface area (Å²) in [6.07, 6.45) is 0.759. The fourth-order valence-electron chi connectivity index (χ4n) is 2.75. The quantitative estimate of drug-likeness (QED) is 0.815. The lowest BCUT2D eigenvalue weighted by atomic mass is 10.2. The van der Waals surface area contributed by atoms with Crippen molar-refractivity contribution in [3.8, 4) is 0 Å². The minimum atomic E-state index is -0.0836. The van der Waals surface area contributed by atoms with Crippen LogP contribution < -0.4 is 5.56 Å². The van der Waals surface area contributed by atoms with Gasteiger partial charge in [-0.05, 0) is 30.8 Å². The maximum absolute atomic E-state index is 12.6. The second-order valence-corrected chi connectivity index (χ2v) is 5.45. The second kappa shape index (κ2) is 4.86. The first-order valence-corrected chi connectivity index (χ1v) is 6.98. The number of H-pyrrole nitrogens is 1. The van der Waals surface area contributed by atoms with Gasteiger partial charge >= 0.3 is 0 Å². The fraction of sp³-hybridized carbons (Fsp3) is 0.357. The highest BCUT2D eigenvalue weighted by molar-refractivity contribution is 7.71. The number of benzene rings is 1. The van der Waals surface area contributed by atoms with Crippen LogP contribution in [0.15, 0.2) is 29.1 Å². The molecule has 1 unspecified atom stereocenters. The predicted molar refractivity (Wildman–Crippen MR) is 79.3 cm³/mol. The Bertz CT molecular complexity index is 793. The molecule has 3 rings (SSSR count). The molecule has 0 saturated carbocycles. The third-order valence-corrected chi connectivity index (χ3v) is 4.11. The van der Waals surface area contributed by atoms with Gasteiger partial charge in [-0.2, -0.15) is 0 Å². The highest BCUT2D eigenvalue weighted by Crippen LogP contribution is 2.21. The number of aromatic amines is 1. The lowest BCUT2D eigenvalue weighted by molar-refractivity contribution is -0.127. The van der Waals surface area contributed by atoms with Crippen LogP contribution >= 0.6 is 12.2 Å². The molecule has 5 nitrogen and oxygen atoms in total. The molecule has 1 atom stereocenters. The van der Waals surface area contributed by atoms with E-state index in [0.29, 0.717) is 23.2 Å². The summed E-state index contributed by atoms with van der Waals surface area (Å²) in [5.41, 5.74) is 0.667. The predicted octanol–water partition coefficient (Wildman–Crippen LogP) is 1.85. The molecular formula is C14H15N3O2S. The van der Waals surface area contributed by atoms with Crippen LogP contribution in [0, 0.1) is 4.77 Å². The minimum absolute atomic E-state index is 0.0382. The Labute approximate surface area is 120 Å². The standard InChI is InChI=1S/C14H15N3O2S/c1-9(18)16-7-6-10(8-16)17-13(19)11-4-2-3-5-12(11)15-14(17)20/h2-5,10H,6-8H2,1H3,(H,15,20). The van der Waals surface area contributed by atoms with Gasteiger partial charge in [0.05, 0.1) is 16.9 Å². The number of carbonyl (C=O) groups is 1. The number of rotatable bonds is 1. The molecule has 104 valence electrons. The Hall–Kier alpha value is -1.95. The molecule has 0 aliphatic carbocycles. The van der Waals surface area contributed by atoms with E-state index >= 15 is 0 Å². The number of nitrogens with one attached hydrogen (secondary N) is 1. The zero-order valence-corrected chi connectivity index (χ0v) is 11.9. The summed E-state index contributed by atoms with van der Waals surface area (Å²) in [6, 6.07) is 7.29. The van der Waals surface area contributed by atoms with Gasteiger partial charge in [-0.1, -0.05) is 12.1 Å². The van der Waals surface area contributed by atoms with E-state index in [2.05, 4.69) is 4.98 Å². The summed E-state index contributed by atoms with van der Waals surface area (Å²) < 4.78 is 2.03. The molecule has 0 bridgehead atoms. The molecular weight excluding hydrogens is 274 g/mol. The van der Waals surface area contributed by atoms with Gasteiger partial charge in [-0.25, -0.2) is 0 Å². The van der Waals surface area contributed by atoms with Crippen LogP contribution in [0.3, 0.4) is 0 Å². The largest absolute Gasteiger partial charge is 0.341 e. The summed E-state index contributed by atoms with van der Waals surface area (Å²) in [5.74, 6) is 0.0382. The van der Waals surface area contributed by atoms with Gasteiger partial charge in [0.15, 0.2) is 4.77 Å². The summed E-state index contributed by atoms with van der Waals surface area (Å²) >= 11 is 5.31. The van der Waals surface area contributed by atoms with Crippen LogP contribution in [0.4, 0.5) is 0 Å². The van der Waals surface area contributed by atoms with Gasteiger partial charge in [0, 0.05) is 20.0 Å². The van der Waals surface area contributed by atoms with Crippen molar-refractivity contribution in [2.45, 2.75) is 19.4 Å². The number of carbonyl (C=O) groups excluding carboxylic acids is 1. The van der Waals surface area contributed by atoms with Crippen molar-refractivity contribution < 1.29 is 4.79 Å². The van der Waals surface area contributed by atoms with Crippen molar-refractivity contribution >= 4 is 29.0 Å². The summed E-state index contributed by atoms with van der Waals surface area (Å²) in [5, 5.41) is 0.627. The van der Waals surface area contributed by atoms with E-state index in [-0.39, 0.29) is 17.5 Å². The van der Waals surface area contributed by atoms with Gasteiger partial charge in [-0.3, -0.25) is 14.2 Å². The maximum Gasteiger partial charge on any atom is 0.262 e. The fourth-order valence-corrected chi connectivity index (χ4v) is 3.09. The van der Waals surface area contributed by atoms with Gasteiger partial charge in [0.2, 0.25) is 5.91 Å². The number of aromatic nitrogens is 2. The Kier molecular flexibility index (Phi) is 3.17. The van der Waals surface area contributed by atoms with E-state index < -0.39 is 0 Å². The molecule has 1 amide bonds. The Morgan fingerprint density at radius 3 is 2.85 bits per heavy atom.